The van der Waals surface area contributed by atoms with Crippen molar-refractivity contribution in [3.63, 3.8) is 0 Å². The number of thiazole rings is 1. The van der Waals surface area contributed by atoms with Crippen LogP contribution in [0, 0.1) is 0 Å². The quantitative estimate of drug-likeness (QED) is 0.920. The van der Waals surface area contributed by atoms with Crippen LogP contribution in [0.25, 0.3) is 11.3 Å². The van der Waals surface area contributed by atoms with Crippen molar-refractivity contribution in [3.05, 3.63) is 29.6 Å². The average molecular weight is 262 g/mol. The standard InChI is InChI=1S/C13H14N2O2S/c1-3-17-11-6-4-10(5-7-11)12-8-18-13(15-12)14-9(2)16/h4-8H,3H2,1-2H3,(H,14,15,16). The molecule has 1 amide bonds. The van der Waals surface area contributed by atoms with Gasteiger partial charge in [-0.05, 0) is 31.2 Å². The molecule has 1 aromatic heterocycles. The molecule has 0 bridgehead atoms. The van der Waals surface area contributed by atoms with Gasteiger partial charge in [-0.1, -0.05) is 0 Å². The molecule has 0 aliphatic carbocycles. The number of ether oxygens (including phenoxy) is 1. The van der Waals surface area contributed by atoms with Crippen LogP contribution >= 0.6 is 11.3 Å². The first-order valence-corrected chi connectivity index (χ1v) is 6.53. The highest BCUT2D eigenvalue weighted by molar-refractivity contribution is 7.14. The van der Waals surface area contributed by atoms with Crippen molar-refractivity contribution in [1.29, 1.82) is 0 Å². The van der Waals surface area contributed by atoms with Crippen LogP contribution in [0.15, 0.2) is 29.6 Å². The normalized spacial score (nSPS) is 10.1. The number of benzene rings is 1. The summed E-state index contributed by atoms with van der Waals surface area (Å²) in [6.45, 7) is 4.08. The van der Waals surface area contributed by atoms with Crippen LogP contribution in [0.5, 0.6) is 5.75 Å². The van der Waals surface area contributed by atoms with Crippen molar-refractivity contribution in [2.75, 3.05) is 11.9 Å². The summed E-state index contributed by atoms with van der Waals surface area (Å²) in [6, 6.07) is 7.74. The number of hydrogen-bond acceptors (Lipinski definition) is 4. The van der Waals surface area contributed by atoms with Crippen molar-refractivity contribution >= 4 is 22.4 Å². The van der Waals surface area contributed by atoms with Crippen LogP contribution in [0.4, 0.5) is 5.13 Å². The third-order valence-electron chi connectivity index (χ3n) is 2.25. The molecule has 1 N–H and O–H groups in total. The molecule has 0 aliphatic heterocycles. The van der Waals surface area contributed by atoms with Crippen molar-refractivity contribution in [2.45, 2.75) is 13.8 Å². The first-order chi connectivity index (χ1) is 8.69. The number of aromatic nitrogens is 1. The maximum absolute atomic E-state index is 10.9. The summed E-state index contributed by atoms with van der Waals surface area (Å²) in [5, 5.41) is 5.21. The highest BCUT2D eigenvalue weighted by atomic mass is 32.1. The van der Waals surface area contributed by atoms with Gasteiger partial charge in [0.1, 0.15) is 5.75 Å². The molecule has 0 saturated carbocycles. The van der Waals surface area contributed by atoms with E-state index in [1.807, 2.05) is 36.6 Å². The predicted octanol–water partition coefficient (Wildman–Crippen LogP) is 3.17. The summed E-state index contributed by atoms with van der Waals surface area (Å²) < 4.78 is 5.38. The second-order valence-corrected chi connectivity index (χ2v) is 4.53. The lowest BCUT2D eigenvalue weighted by molar-refractivity contribution is -0.114. The number of hydrogen-bond donors (Lipinski definition) is 1. The van der Waals surface area contributed by atoms with Crippen LogP contribution in [-0.4, -0.2) is 17.5 Å². The Balaban J connectivity index is 2.15. The summed E-state index contributed by atoms with van der Waals surface area (Å²) in [7, 11) is 0. The molecule has 0 saturated heterocycles. The third-order valence-corrected chi connectivity index (χ3v) is 3.01. The Morgan fingerprint density at radius 1 is 1.39 bits per heavy atom. The molecule has 0 unspecified atom stereocenters. The molecule has 94 valence electrons. The van der Waals surface area contributed by atoms with Gasteiger partial charge in [-0.3, -0.25) is 4.79 Å². The number of anilines is 1. The zero-order valence-electron chi connectivity index (χ0n) is 10.3. The van der Waals surface area contributed by atoms with E-state index in [2.05, 4.69) is 10.3 Å². The van der Waals surface area contributed by atoms with E-state index in [9.17, 15) is 4.79 Å². The highest BCUT2D eigenvalue weighted by Gasteiger charge is 2.05. The Labute approximate surface area is 110 Å². The topological polar surface area (TPSA) is 51.2 Å². The van der Waals surface area contributed by atoms with Gasteiger partial charge in [0.2, 0.25) is 5.91 Å². The van der Waals surface area contributed by atoms with Gasteiger partial charge in [0.25, 0.3) is 0 Å². The van der Waals surface area contributed by atoms with Gasteiger partial charge < -0.3 is 10.1 Å². The molecule has 0 fully saturated rings. The molecular formula is C13H14N2O2S. The van der Waals surface area contributed by atoms with Gasteiger partial charge >= 0.3 is 0 Å². The van der Waals surface area contributed by atoms with Gasteiger partial charge in [0.15, 0.2) is 5.13 Å². The molecule has 4 nitrogen and oxygen atoms in total. The first kappa shape index (κ1) is 12.6. The van der Waals surface area contributed by atoms with Gasteiger partial charge in [0, 0.05) is 17.9 Å². The summed E-state index contributed by atoms with van der Waals surface area (Å²) >= 11 is 1.41. The van der Waals surface area contributed by atoms with E-state index in [0.29, 0.717) is 11.7 Å². The summed E-state index contributed by atoms with van der Waals surface area (Å²) in [6.07, 6.45) is 0. The fourth-order valence-electron chi connectivity index (χ4n) is 1.50. The second-order valence-electron chi connectivity index (χ2n) is 3.68. The lowest BCUT2D eigenvalue weighted by Gasteiger charge is -2.03. The average Bonchev–Trinajstić information content (AvgIpc) is 2.78. The molecule has 2 aromatic rings. The van der Waals surface area contributed by atoms with Gasteiger partial charge in [-0.25, -0.2) is 4.98 Å². The van der Waals surface area contributed by atoms with E-state index in [4.69, 9.17) is 4.74 Å². The van der Waals surface area contributed by atoms with Crippen molar-refractivity contribution < 1.29 is 9.53 Å². The molecule has 18 heavy (non-hydrogen) atoms. The van der Waals surface area contributed by atoms with Crippen molar-refractivity contribution in [3.8, 4) is 17.0 Å². The molecular weight excluding hydrogens is 248 g/mol. The van der Waals surface area contributed by atoms with Crippen LogP contribution in [-0.2, 0) is 4.79 Å². The lowest BCUT2D eigenvalue weighted by atomic mass is 10.2. The van der Waals surface area contributed by atoms with Crippen LogP contribution in [0.1, 0.15) is 13.8 Å². The maximum atomic E-state index is 10.9. The summed E-state index contributed by atoms with van der Waals surface area (Å²) in [4.78, 5) is 15.3. The van der Waals surface area contributed by atoms with E-state index in [1.165, 1.54) is 18.3 Å². The minimum atomic E-state index is -0.109. The Morgan fingerprint density at radius 3 is 2.72 bits per heavy atom. The Bertz CT molecular complexity index is 534. The highest BCUT2D eigenvalue weighted by Crippen LogP contribution is 2.26. The molecule has 0 radical (unpaired) electrons. The maximum Gasteiger partial charge on any atom is 0.223 e. The molecule has 0 spiro atoms. The zero-order valence-corrected chi connectivity index (χ0v) is 11.1. The SMILES string of the molecule is CCOc1ccc(-c2csc(NC(C)=O)n2)cc1. The Hall–Kier alpha value is -1.88. The van der Waals surface area contributed by atoms with E-state index < -0.39 is 0 Å². The number of amides is 1. The fourth-order valence-corrected chi connectivity index (χ4v) is 2.27. The predicted molar refractivity (Wildman–Crippen MR) is 73.0 cm³/mol. The second kappa shape index (κ2) is 5.64. The van der Waals surface area contributed by atoms with Gasteiger partial charge in [-0.2, -0.15) is 0 Å². The summed E-state index contributed by atoms with van der Waals surface area (Å²) in [5.74, 6) is 0.737. The van der Waals surface area contributed by atoms with Gasteiger partial charge in [-0.15, -0.1) is 11.3 Å². The number of nitrogens with one attached hydrogen (secondary N) is 1. The number of carbonyl (C=O) groups is 1. The van der Waals surface area contributed by atoms with E-state index in [1.54, 1.807) is 0 Å². The van der Waals surface area contributed by atoms with Crippen LogP contribution in [0.3, 0.4) is 0 Å². The molecule has 0 atom stereocenters. The molecule has 1 aromatic carbocycles. The molecule has 0 aliphatic rings. The molecule has 5 heteroatoms. The summed E-state index contributed by atoms with van der Waals surface area (Å²) in [5.41, 5.74) is 1.86. The lowest BCUT2D eigenvalue weighted by Crippen LogP contribution is -2.04. The van der Waals surface area contributed by atoms with Gasteiger partial charge in [0.05, 0.1) is 12.3 Å². The van der Waals surface area contributed by atoms with Crippen molar-refractivity contribution in [2.24, 2.45) is 0 Å². The first-order valence-electron chi connectivity index (χ1n) is 5.65. The Kier molecular flexibility index (Phi) is 3.94. The van der Waals surface area contributed by atoms with E-state index in [-0.39, 0.29) is 5.91 Å². The minimum absolute atomic E-state index is 0.109. The third kappa shape index (κ3) is 3.07. The number of carbonyl (C=O) groups excluding carboxylic acids is 1. The number of rotatable bonds is 4. The van der Waals surface area contributed by atoms with E-state index >= 15 is 0 Å². The zero-order chi connectivity index (χ0) is 13.0. The van der Waals surface area contributed by atoms with Crippen LogP contribution in [0.2, 0.25) is 0 Å². The molecule has 2 rings (SSSR count). The monoisotopic (exact) mass is 262 g/mol. The Morgan fingerprint density at radius 2 is 2.11 bits per heavy atom. The largest absolute Gasteiger partial charge is 0.494 e. The fraction of sp³-hybridized carbons (Fsp3) is 0.231. The smallest absolute Gasteiger partial charge is 0.223 e. The number of nitrogens with zero attached hydrogens (tertiary/aromatic N) is 1. The minimum Gasteiger partial charge on any atom is -0.494 e. The van der Waals surface area contributed by atoms with Crippen LogP contribution < -0.4 is 10.1 Å². The molecule has 1 heterocycles. The van der Waals surface area contributed by atoms with E-state index in [0.717, 1.165) is 17.0 Å². The van der Waals surface area contributed by atoms with Crippen molar-refractivity contribution in [1.82, 2.24) is 4.98 Å².